The molecule has 1 unspecified atom stereocenters. The monoisotopic (exact) mass is 442 g/mol. The van der Waals surface area contributed by atoms with Crippen LogP contribution in [-0.4, -0.2) is 11.9 Å². The molecule has 0 amide bonds. The maximum absolute atomic E-state index is 13.1. The minimum atomic E-state index is -0.664. The summed E-state index contributed by atoms with van der Waals surface area (Å²) < 4.78 is 11.5. The topological polar surface area (TPSA) is 52.6 Å². The van der Waals surface area contributed by atoms with Crippen LogP contribution in [0.4, 0.5) is 0 Å². The highest BCUT2D eigenvalue weighted by Gasteiger charge is 2.38. The third-order valence-corrected chi connectivity index (χ3v) is 6.03. The van der Waals surface area contributed by atoms with E-state index in [0.29, 0.717) is 22.6 Å². The molecule has 1 heterocycles. The van der Waals surface area contributed by atoms with Gasteiger partial charge in [0.15, 0.2) is 0 Å². The fourth-order valence-electron chi connectivity index (χ4n) is 3.99. The molecular weight excluding hydrogens is 412 g/mol. The molecule has 0 saturated carbocycles. The van der Waals surface area contributed by atoms with Crippen LogP contribution in [0, 0.1) is 0 Å². The van der Waals surface area contributed by atoms with Gasteiger partial charge >= 0.3 is 11.9 Å². The third kappa shape index (κ3) is 4.56. The van der Waals surface area contributed by atoms with E-state index in [1.165, 1.54) is 0 Å². The van der Waals surface area contributed by atoms with Gasteiger partial charge in [-0.05, 0) is 46.2 Å². The Hall–Kier alpha value is -3.40. The summed E-state index contributed by atoms with van der Waals surface area (Å²) in [6.45, 7) is 12.7. The van der Waals surface area contributed by atoms with Crippen LogP contribution in [0.2, 0.25) is 0 Å². The number of benzene rings is 3. The first kappa shape index (κ1) is 22.8. The van der Waals surface area contributed by atoms with Crippen LogP contribution < -0.4 is 9.47 Å². The first-order chi connectivity index (χ1) is 15.4. The van der Waals surface area contributed by atoms with E-state index in [-0.39, 0.29) is 16.8 Å². The van der Waals surface area contributed by atoms with E-state index < -0.39 is 11.9 Å². The molecule has 33 heavy (non-hydrogen) atoms. The molecule has 0 aliphatic carbocycles. The Morgan fingerprint density at radius 3 is 1.97 bits per heavy atom. The third-order valence-electron chi connectivity index (χ3n) is 6.03. The standard InChI is InChI=1S/C29H30O4/c1-28(2,3)19-12-14-23(32-26(30)18-10-8-7-9-11-18)21(16-19)25-22-17-20(29(4,5)6)13-15-24(22)33-27(25)31/h7-17,25H,1-6H3. The summed E-state index contributed by atoms with van der Waals surface area (Å²) in [6.07, 6.45) is 0. The molecule has 4 nitrogen and oxygen atoms in total. The fourth-order valence-corrected chi connectivity index (χ4v) is 3.99. The van der Waals surface area contributed by atoms with Crippen LogP contribution in [-0.2, 0) is 15.6 Å². The van der Waals surface area contributed by atoms with Crippen molar-refractivity contribution in [3.8, 4) is 11.5 Å². The average Bonchev–Trinajstić information content (AvgIpc) is 3.08. The molecule has 0 N–H and O–H groups in total. The molecule has 0 fully saturated rings. The number of hydrogen-bond acceptors (Lipinski definition) is 4. The summed E-state index contributed by atoms with van der Waals surface area (Å²) in [7, 11) is 0. The van der Waals surface area contributed by atoms with Crippen LogP contribution in [0.3, 0.4) is 0 Å². The summed E-state index contributed by atoms with van der Waals surface area (Å²) in [5.74, 6) is -0.565. The molecule has 1 atom stereocenters. The van der Waals surface area contributed by atoms with Crippen molar-refractivity contribution in [3.63, 3.8) is 0 Å². The minimum Gasteiger partial charge on any atom is -0.425 e. The van der Waals surface area contributed by atoms with Crippen LogP contribution in [0.1, 0.15) is 80.1 Å². The molecule has 170 valence electrons. The predicted molar refractivity (Wildman–Crippen MR) is 129 cm³/mol. The Bertz CT molecular complexity index is 1210. The number of esters is 2. The quantitative estimate of drug-likeness (QED) is 0.341. The molecule has 3 aromatic carbocycles. The van der Waals surface area contributed by atoms with Gasteiger partial charge in [0.1, 0.15) is 17.4 Å². The molecule has 0 spiro atoms. The number of fused-ring (bicyclic) bond motifs is 1. The Labute approximate surface area is 195 Å². The summed E-state index contributed by atoms with van der Waals surface area (Å²) in [4.78, 5) is 25.9. The van der Waals surface area contributed by atoms with Gasteiger partial charge in [0.05, 0.1) is 5.56 Å². The summed E-state index contributed by atoms with van der Waals surface area (Å²) in [6, 6.07) is 20.4. The highest BCUT2D eigenvalue weighted by molar-refractivity contribution is 5.93. The largest absolute Gasteiger partial charge is 0.425 e. The lowest BCUT2D eigenvalue weighted by Crippen LogP contribution is -2.18. The van der Waals surface area contributed by atoms with Crippen LogP contribution in [0.25, 0.3) is 0 Å². The fraction of sp³-hybridized carbons (Fsp3) is 0.310. The second kappa shape index (κ2) is 8.18. The van der Waals surface area contributed by atoms with Crippen molar-refractivity contribution in [2.24, 2.45) is 0 Å². The van der Waals surface area contributed by atoms with Crippen LogP contribution >= 0.6 is 0 Å². The molecule has 1 aliphatic rings. The molecule has 4 heteroatoms. The van der Waals surface area contributed by atoms with Crippen molar-refractivity contribution in [2.45, 2.75) is 58.3 Å². The second-order valence-corrected chi connectivity index (χ2v) is 10.6. The molecule has 0 bridgehead atoms. The van der Waals surface area contributed by atoms with Gasteiger partial charge in [0.2, 0.25) is 0 Å². The number of rotatable bonds is 3. The van der Waals surface area contributed by atoms with Gasteiger partial charge in [-0.2, -0.15) is 0 Å². The van der Waals surface area contributed by atoms with Crippen molar-refractivity contribution in [3.05, 3.63) is 94.5 Å². The summed E-state index contributed by atoms with van der Waals surface area (Å²) >= 11 is 0. The average molecular weight is 443 g/mol. The normalized spacial score (nSPS) is 15.7. The number of hydrogen-bond donors (Lipinski definition) is 0. The molecule has 0 saturated heterocycles. The Morgan fingerprint density at radius 1 is 0.788 bits per heavy atom. The van der Waals surface area contributed by atoms with Gasteiger partial charge in [-0.3, -0.25) is 4.79 Å². The van der Waals surface area contributed by atoms with Gasteiger partial charge in [-0.1, -0.05) is 84.0 Å². The lowest BCUT2D eigenvalue weighted by atomic mass is 9.81. The smallest absolute Gasteiger partial charge is 0.343 e. The first-order valence-electron chi connectivity index (χ1n) is 11.2. The van der Waals surface area contributed by atoms with Crippen LogP contribution in [0.15, 0.2) is 66.7 Å². The molecule has 0 radical (unpaired) electrons. The lowest BCUT2D eigenvalue weighted by molar-refractivity contribution is -0.133. The molecule has 1 aliphatic heterocycles. The van der Waals surface area contributed by atoms with Gasteiger partial charge in [-0.25, -0.2) is 4.79 Å². The van der Waals surface area contributed by atoms with Crippen LogP contribution in [0.5, 0.6) is 11.5 Å². The van der Waals surface area contributed by atoms with Crippen molar-refractivity contribution in [1.29, 1.82) is 0 Å². The molecular formula is C29H30O4. The van der Waals surface area contributed by atoms with E-state index in [1.807, 2.05) is 36.4 Å². The Morgan fingerprint density at radius 2 is 1.36 bits per heavy atom. The van der Waals surface area contributed by atoms with Crippen molar-refractivity contribution < 1.29 is 19.1 Å². The first-order valence-corrected chi connectivity index (χ1v) is 11.2. The highest BCUT2D eigenvalue weighted by Crippen LogP contribution is 2.45. The molecule has 4 rings (SSSR count). The SMILES string of the molecule is CC(C)(C)c1ccc(OC(=O)c2ccccc2)c(C2C(=O)Oc3ccc(C(C)(C)C)cc32)c1. The van der Waals surface area contributed by atoms with Crippen molar-refractivity contribution in [2.75, 3.05) is 0 Å². The van der Waals surface area contributed by atoms with Gasteiger partial charge in [-0.15, -0.1) is 0 Å². The van der Waals surface area contributed by atoms with Gasteiger partial charge in [0, 0.05) is 11.1 Å². The molecule has 3 aromatic rings. The van der Waals surface area contributed by atoms with Gasteiger partial charge < -0.3 is 9.47 Å². The molecule has 0 aromatic heterocycles. The summed E-state index contributed by atoms with van der Waals surface area (Å²) in [5.41, 5.74) is 3.82. The lowest BCUT2D eigenvalue weighted by Gasteiger charge is -2.23. The Balaban J connectivity index is 1.84. The zero-order valence-corrected chi connectivity index (χ0v) is 20.1. The maximum atomic E-state index is 13.1. The predicted octanol–water partition coefficient (Wildman–Crippen LogP) is 6.55. The van der Waals surface area contributed by atoms with E-state index in [2.05, 4.69) is 41.5 Å². The van der Waals surface area contributed by atoms with Crippen molar-refractivity contribution in [1.82, 2.24) is 0 Å². The van der Waals surface area contributed by atoms with E-state index in [4.69, 9.17) is 9.47 Å². The van der Waals surface area contributed by atoms with E-state index >= 15 is 0 Å². The Kier molecular flexibility index (Phi) is 5.65. The number of ether oxygens (including phenoxy) is 2. The van der Waals surface area contributed by atoms with E-state index in [9.17, 15) is 9.59 Å². The minimum absolute atomic E-state index is 0.0823. The maximum Gasteiger partial charge on any atom is 0.343 e. The zero-order valence-electron chi connectivity index (χ0n) is 20.1. The van der Waals surface area contributed by atoms with E-state index in [0.717, 1.165) is 16.7 Å². The number of carbonyl (C=O) groups is 2. The zero-order chi connectivity index (χ0) is 24.0. The highest BCUT2D eigenvalue weighted by atomic mass is 16.5. The van der Waals surface area contributed by atoms with Crippen molar-refractivity contribution >= 4 is 11.9 Å². The summed E-state index contributed by atoms with van der Waals surface area (Å²) in [5, 5.41) is 0. The number of carbonyl (C=O) groups excluding carboxylic acids is 2. The van der Waals surface area contributed by atoms with E-state index in [1.54, 1.807) is 30.3 Å². The second-order valence-electron chi connectivity index (χ2n) is 10.6. The van der Waals surface area contributed by atoms with Gasteiger partial charge in [0.25, 0.3) is 0 Å².